The van der Waals surface area contributed by atoms with Gasteiger partial charge in [0.2, 0.25) is 0 Å². The Balaban J connectivity index is 2.79. The molecule has 2 aliphatic rings. The van der Waals surface area contributed by atoms with Gasteiger partial charge in [0.1, 0.15) is 0 Å². The van der Waals surface area contributed by atoms with Crippen molar-refractivity contribution in [3.8, 4) is 11.1 Å². The van der Waals surface area contributed by atoms with Crippen LogP contribution < -0.4 is 0 Å². The highest BCUT2D eigenvalue weighted by Crippen LogP contribution is 2.37. The van der Waals surface area contributed by atoms with Gasteiger partial charge < -0.3 is 0 Å². The minimum atomic E-state index is 0.714. The second-order valence-electron chi connectivity index (χ2n) is 2.58. The van der Waals surface area contributed by atoms with Crippen molar-refractivity contribution < 1.29 is 0 Å². The fourth-order valence-corrected chi connectivity index (χ4v) is 1.83. The third kappa shape index (κ3) is 1.17. The molecular formula is C10H6Cl2. The van der Waals surface area contributed by atoms with E-state index in [1.54, 1.807) is 6.07 Å². The van der Waals surface area contributed by atoms with Crippen LogP contribution in [0.4, 0.5) is 0 Å². The van der Waals surface area contributed by atoms with E-state index in [0.717, 1.165) is 11.1 Å². The van der Waals surface area contributed by atoms with Crippen LogP contribution in [0.2, 0.25) is 10.0 Å². The minimum Gasteiger partial charge on any atom is -0.0836 e. The molecule has 2 aliphatic carbocycles. The predicted octanol–water partition coefficient (Wildman–Crippen LogP) is 4.10. The zero-order chi connectivity index (χ0) is 8.55. The van der Waals surface area contributed by atoms with Crippen molar-refractivity contribution in [2.75, 3.05) is 0 Å². The summed E-state index contributed by atoms with van der Waals surface area (Å²) < 4.78 is 0. The molecule has 0 aromatic carbocycles. The summed E-state index contributed by atoms with van der Waals surface area (Å²) in [5.41, 5.74) is 2.01. The van der Waals surface area contributed by atoms with Gasteiger partial charge in [0.05, 0.1) is 0 Å². The summed E-state index contributed by atoms with van der Waals surface area (Å²) in [6.45, 7) is 0. The van der Waals surface area contributed by atoms with Crippen molar-refractivity contribution in [3.63, 3.8) is 0 Å². The molecule has 0 amide bonds. The zero-order valence-corrected chi connectivity index (χ0v) is 7.73. The van der Waals surface area contributed by atoms with E-state index >= 15 is 0 Å². The van der Waals surface area contributed by atoms with Crippen molar-refractivity contribution in [1.82, 2.24) is 0 Å². The summed E-state index contributed by atoms with van der Waals surface area (Å²) in [6, 6.07) is 11.5. The van der Waals surface area contributed by atoms with Crippen LogP contribution in [0.25, 0.3) is 11.1 Å². The van der Waals surface area contributed by atoms with Crippen LogP contribution in [-0.2, 0) is 0 Å². The van der Waals surface area contributed by atoms with E-state index in [1.807, 2.05) is 30.3 Å². The molecule has 0 fully saturated rings. The predicted molar refractivity (Wildman–Crippen MR) is 53.1 cm³/mol. The monoisotopic (exact) mass is 196 g/mol. The summed E-state index contributed by atoms with van der Waals surface area (Å²) >= 11 is 11.9. The third-order valence-electron chi connectivity index (χ3n) is 1.81. The first-order chi connectivity index (χ1) is 5.79. The molecule has 0 N–H and O–H groups in total. The summed E-state index contributed by atoms with van der Waals surface area (Å²) in [5, 5.41) is 1.43. The van der Waals surface area contributed by atoms with Gasteiger partial charge in [-0.15, -0.1) is 0 Å². The maximum atomic E-state index is 5.95. The molecule has 0 saturated carbocycles. The fraction of sp³-hybridized carbons (Fsp3) is 0. The number of hydrogen-bond acceptors (Lipinski definition) is 0. The van der Waals surface area contributed by atoms with Gasteiger partial charge in [0.15, 0.2) is 0 Å². The molecule has 60 valence electrons. The Labute approximate surface area is 81.1 Å². The lowest BCUT2D eigenvalue weighted by molar-refractivity contribution is 1.84. The van der Waals surface area contributed by atoms with Crippen LogP contribution >= 0.6 is 23.2 Å². The second kappa shape index (κ2) is 2.96. The van der Waals surface area contributed by atoms with Crippen LogP contribution in [-0.4, -0.2) is 0 Å². The van der Waals surface area contributed by atoms with Gasteiger partial charge in [-0.05, 0) is 6.07 Å². The Bertz CT molecular complexity index is 348. The van der Waals surface area contributed by atoms with Crippen molar-refractivity contribution in [2.24, 2.45) is 0 Å². The van der Waals surface area contributed by atoms with Gasteiger partial charge in [-0.25, -0.2) is 0 Å². The van der Waals surface area contributed by atoms with Crippen LogP contribution in [0.1, 0.15) is 0 Å². The highest BCUT2D eigenvalue weighted by Gasteiger charge is 2.10. The lowest BCUT2D eigenvalue weighted by atomic mass is 10.2. The van der Waals surface area contributed by atoms with Gasteiger partial charge in [0.25, 0.3) is 0 Å². The lowest BCUT2D eigenvalue weighted by Crippen LogP contribution is -1.65. The molecule has 0 unspecified atom stereocenters. The van der Waals surface area contributed by atoms with Gasteiger partial charge in [0, 0.05) is 21.2 Å². The molecule has 0 aliphatic heterocycles. The van der Waals surface area contributed by atoms with Crippen molar-refractivity contribution in [3.05, 3.63) is 46.4 Å². The Morgan fingerprint density at radius 1 is 0.750 bits per heavy atom. The molecule has 0 bridgehead atoms. The molecule has 0 heterocycles. The zero-order valence-electron chi connectivity index (χ0n) is 6.22. The summed E-state index contributed by atoms with van der Waals surface area (Å²) in [5.74, 6) is 0. The van der Waals surface area contributed by atoms with Crippen molar-refractivity contribution in [1.29, 1.82) is 0 Å². The highest BCUT2D eigenvalue weighted by atomic mass is 35.5. The van der Waals surface area contributed by atoms with E-state index in [2.05, 4.69) is 0 Å². The average Bonchev–Trinajstić information content (AvgIpc) is 2.29. The standard InChI is InChI=1S/C10H6Cl2/c11-9-6-10(12)8-5-3-1-2-4-7(8)9/h1-6H. The maximum absolute atomic E-state index is 5.95. The lowest BCUT2D eigenvalue weighted by Gasteiger charge is -1.91. The normalized spacial score (nSPS) is 10.5. The number of hydrogen-bond donors (Lipinski definition) is 0. The summed E-state index contributed by atoms with van der Waals surface area (Å²) in [4.78, 5) is 0. The van der Waals surface area contributed by atoms with Gasteiger partial charge >= 0.3 is 0 Å². The molecule has 2 rings (SSSR count). The van der Waals surface area contributed by atoms with Gasteiger partial charge in [-0.1, -0.05) is 53.5 Å². The first kappa shape index (κ1) is 7.90. The van der Waals surface area contributed by atoms with E-state index in [-0.39, 0.29) is 0 Å². The molecule has 0 atom stereocenters. The summed E-state index contributed by atoms with van der Waals surface area (Å²) in [7, 11) is 0. The topological polar surface area (TPSA) is 0 Å². The molecular weight excluding hydrogens is 191 g/mol. The van der Waals surface area contributed by atoms with Crippen molar-refractivity contribution >= 4 is 23.2 Å². The smallest absolute Gasteiger partial charge is 0.0499 e. The quantitative estimate of drug-likeness (QED) is 0.596. The Morgan fingerprint density at radius 2 is 1.25 bits per heavy atom. The first-order valence-electron chi connectivity index (χ1n) is 3.62. The Hall–Kier alpha value is -0.720. The van der Waals surface area contributed by atoms with E-state index in [1.165, 1.54) is 0 Å². The van der Waals surface area contributed by atoms with E-state index < -0.39 is 0 Å². The number of rotatable bonds is 0. The Morgan fingerprint density at radius 3 is 1.75 bits per heavy atom. The molecule has 0 aromatic heterocycles. The number of halogens is 2. The van der Waals surface area contributed by atoms with E-state index in [9.17, 15) is 0 Å². The first-order valence-corrected chi connectivity index (χ1v) is 4.37. The van der Waals surface area contributed by atoms with E-state index in [4.69, 9.17) is 23.2 Å². The third-order valence-corrected chi connectivity index (χ3v) is 2.43. The highest BCUT2D eigenvalue weighted by molar-refractivity contribution is 6.40. The molecule has 0 spiro atoms. The molecule has 2 heteroatoms. The molecule has 0 nitrogen and oxygen atoms in total. The van der Waals surface area contributed by atoms with Gasteiger partial charge in [-0.2, -0.15) is 0 Å². The average molecular weight is 197 g/mol. The van der Waals surface area contributed by atoms with Crippen molar-refractivity contribution in [2.45, 2.75) is 0 Å². The van der Waals surface area contributed by atoms with Crippen LogP contribution in [0.3, 0.4) is 0 Å². The SMILES string of the molecule is Clc1cc(Cl)c2cccccc1-2. The van der Waals surface area contributed by atoms with Crippen LogP contribution in [0.5, 0.6) is 0 Å². The number of fused-ring (bicyclic) bond motifs is 1. The largest absolute Gasteiger partial charge is 0.0836 e. The minimum absolute atomic E-state index is 0.714. The van der Waals surface area contributed by atoms with Crippen LogP contribution in [0.15, 0.2) is 36.4 Å². The molecule has 0 saturated heterocycles. The Kier molecular flexibility index (Phi) is 1.95. The maximum Gasteiger partial charge on any atom is 0.0499 e. The van der Waals surface area contributed by atoms with E-state index in [0.29, 0.717) is 10.0 Å². The van der Waals surface area contributed by atoms with Gasteiger partial charge in [-0.3, -0.25) is 0 Å². The molecule has 0 aromatic rings. The summed E-state index contributed by atoms with van der Waals surface area (Å²) in [6.07, 6.45) is 0. The fourth-order valence-electron chi connectivity index (χ4n) is 1.23. The molecule has 0 radical (unpaired) electrons. The van der Waals surface area contributed by atoms with Crippen LogP contribution in [0, 0.1) is 0 Å². The second-order valence-corrected chi connectivity index (χ2v) is 3.39. The molecule has 12 heavy (non-hydrogen) atoms.